The van der Waals surface area contributed by atoms with Gasteiger partial charge in [-0.15, -0.1) is 0 Å². The van der Waals surface area contributed by atoms with Gasteiger partial charge in [0.05, 0.1) is 23.6 Å². The van der Waals surface area contributed by atoms with E-state index in [1.54, 1.807) is 24.4 Å². The average Bonchev–Trinajstić information content (AvgIpc) is 3.72. The number of aliphatic hydroxyl groups excluding tert-OH is 1. The number of nitrogens with zero attached hydrogens (tertiary/aromatic N) is 2. The molecule has 3 aliphatic carbocycles. The van der Waals surface area contributed by atoms with E-state index in [4.69, 9.17) is 11.1 Å². The molecule has 5 unspecified atom stereocenters. The van der Waals surface area contributed by atoms with E-state index in [-0.39, 0.29) is 18.1 Å². The van der Waals surface area contributed by atoms with Crippen molar-refractivity contribution in [2.45, 2.75) is 62.8 Å². The van der Waals surface area contributed by atoms with Crippen LogP contribution < -0.4 is 16.0 Å². The van der Waals surface area contributed by atoms with Gasteiger partial charge in [0.15, 0.2) is 0 Å². The van der Waals surface area contributed by atoms with E-state index in [1.807, 2.05) is 30.3 Å². The number of rotatable bonds is 7. The van der Waals surface area contributed by atoms with Gasteiger partial charge in [-0.3, -0.25) is 15.2 Å². The van der Waals surface area contributed by atoms with Crippen LogP contribution in [0.2, 0.25) is 0 Å². The predicted molar refractivity (Wildman–Crippen MR) is 147 cm³/mol. The molecule has 1 aromatic heterocycles. The molecule has 4 aliphatic rings. The van der Waals surface area contributed by atoms with Gasteiger partial charge in [-0.25, -0.2) is 0 Å². The number of piperidine rings is 1. The van der Waals surface area contributed by atoms with Crippen LogP contribution in [-0.4, -0.2) is 39.9 Å². The third kappa shape index (κ3) is 3.63. The second kappa shape index (κ2) is 8.67. The molecule has 0 bridgehead atoms. The maximum atomic E-state index is 13.2. The molecule has 3 saturated carbocycles. The first-order valence-corrected chi connectivity index (χ1v) is 13.7. The van der Waals surface area contributed by atoms with Gasteiger partial charge in [-0.2, -0.15) is 0 Å². The first-order valence-electron chi connectivity index (χ1n) is 13.7. The quantitative estimate of drug-likeness (QED) is 0.279. The van der Waals surface area contributed by atoms with Crippen molar-refractivity contribution in [1.82, 2.24) is 10.3 Å². The molecule has 38 heavy (non-hydrogen) atoms. The number of benzene rings is 2. The summed E-state index contributed by atoms with van der Waals surface area (Å²) in [6.07, 6.45) is 7.93. The van der Waals surface area contributed by atoms with E-state index >= 15 is 0 Å². The molecule has 5 atom stereocenters. The predicted octanol–water partition coefficient (Wildman–Crippen LogP) is 4.45. The third-order valence-corrected chi connectivity index (χ3v) is 9.42. The number of amides is 1. The number of hydrogen-bond acceptors (Lipinski definition) is 6. The van der Waals surface area contributed by atoms with Crippen LogP contribution in [0.5, 0.6) is 0 Å². The van der Waals surface area contributed by atoms with Crippen molar-refractivity contribution in [1.29, 1.82) is 5.41 Å². The molecule has 5 N–H and O–H groups in total. The number of carbonyl (C=O) groups excluding carboxylic acids is 1. The lowest BCUT2D eigenvalue weighted by Gasteiger charge is -2.69. The van der Waals surface area contributed by atoms with Gasteiger partial charge < -0.3 is 21.1 Å². The van der Waals surface area contributed by atoms with Crippen molar-refractivity contribution in [3.05, 3.63) is 89.2 Å². The Morgan fingerprint density at radius 2 is 1.87 bits per heavy atom. The van der Waals surface area contributed by atoms with Gasteiger partial charge >= 0.3 is 0 Å². The van der Waals surface area contributed by atoms with Crippen LogP contribution in [0, 0.1) is 16.7 Å². The summed E-state index contributed by atoms with van der Waals surface area (Å²) in [6, 6.07) is 19.9. The molecule has 1 saturated heterocycles. The third-order valence-electron chi connectivity index (χ3n) is 9.42. The van der Waals surface area contributed by atoms with E-state index in [0.717, 1.165) is 42.6 Å². The lowest BCUT2D eigenvalue weighted by Crippen LogP contribution is -2.75. The zero-order valence-electron chi connectivity index (χ0n) is 21.3. The van der Waals surface area contributed by atoms with Crippen LogP contribution in [0.15, 0.2) is 66.9 Å². The molecule has 4 fully saturated rings. The molecule has 194 valence electrons. The fourth-order valence-electron chi connectivity index (χ4n) is 7.24. The van der Waals surface area contributed by atoms with E-state index in [1.165, 1.54) is 12.8 Å². The van der Waals surface area contributed by atoms with Crippen molar-refractivity contribution < 1.29 is 9.90 Å². The first-order chi connectivity index (χ1) is 18.4. The monoisotopic (exact) mass is 507 g/mol. The summed E-state index contributed by atoms with van der Waals surface area (Å²) in [5.41, 5.74) is 11.2. The van der Waals surface area contributed by atoms with Gasteiger partial charge in [0.1, 0.15) is 0 Å². The van der Waals surface area contributed by atoms with Crippen LogP contribution in [0.3, 0.4) is 0 Å². The second-order valence-electron chi connectivity index (χ2n) is 11.6. The Bertz CT molecular complexity index is 1400. The minimum Gasteiger partial charge on any atom is -0.398 e. The molecule has 7 rings (SSSR count). The van der Waals surface area contributed by atoms with Gasteiger partial charge in [0.25, 0.3) is 5.91 Å². The summed E-state index contributed by atoms with van der Waals surface area (Å²) in [5.74, 6) is 0.223. The standard InChI is InChI=1S/C31H33N5O2/c32-24-11-8-20(30(38)35-29(19-4-5-19)25-3-1-2-14-34-25)15-23(24)28(33)18-6-9-21(10-7-18)36-26-12-13-31(26)17-22(37)16-27(31)36/h1-3,6-11,14-15,19,22,26-27,29,33,37H,4-5,12-13,16-17,32H2,(H,35,38). The van der Waals surface area contributed by atoms with E-state index in [0.29, 0.717) is 45.9 Å². The summed E-state index contributed by atoms with van der Waals surface area (Å²) in [4.78, 5) is 20.2. The topological polar surface area (TPSA) is 115 Å². The molecule has 7 nitrogen and oxygen atoms in total. The molecule has 2 heterocycles. The highest BCUT2D eigenvalue weighted by molar-refractivity contribution is 6.15. The summed E-state index contributed by atoms with van der Waals surface area (Å²) >= 11 is 0. The van der Waals surface area contributed by atoms with Gasteiger partial charge in [0, 0.05) is 51.8 Å². The number of aliphatic hydroxyl groups is 1. The Morgan fingerprint density at radius 1 is 1.08 bits per heavy atom. The SMILES string of the molecule is N=C(c1ccc(N2C3CCC34CC(O)CC24)cc1)c1cc(C(=O)NC(c2ccccn2)C2CC2)ccc1N. The van der Waals surface area contributed by atoms with E-state index in [2.05, 4.69) is 27.3 Å². The number of nitrogen functional groups attached to an aromatic ring is 1. The number of pyridine rings is 1. The highest BCUT2D eigenvalue weighted by Gasteiger charge is 2.69. The Balaban J connectivity index is 1.09. The lowest BCUT2D eigenvalue weighted by molar-refractivity contribution is -0.0202. The molecular weight excluding hydrogens is 474 g/mol. The number of nitrogens with one attached hydrogen (secondary N) is 2. The summed E-state index contributed by atoms with van der Waals surface area (Å²) in [6.45, 7) is 0. The highest BCUT2D eigenvalue weighted by atomic mass is 16.3. The van der Waals surface area contributed by atoms with Gasteiger partial charge in [-0.05, 0) is 86.9 Å². The van der Waals surface area contributed by atoms with E-state index in [9.17, 15) is 9.90 Å². The summed E-state index contributed by atoms with van der Waals surface area (Å²) < 4.78 is 0. The number of nitrogens with two attached hydrogens (primary N) is 1. The maximum Gasteiger partial charge on any atom is 0.251 e. The average molecular weight is 508 g/mol. The van der Waals surface area contributed by atoms with Crippen molar-refractivity contribution in [3.8, 4) is 0 Å². The smallest absolute Gasteiger partial charge is 0.251 e. The Hall–Kier alpha value is -3.71. The van der Waals surface area contributed by atoms with Crippen LogP contribution in [0.25, 0.3) is 0 Å². The fourth-order valence-corrected chi connectivity index (χ4v) is 7.24. The Kier molecular flexibility index (Phi) is 5.34. The molecule has 7 heteroatoms. The largest absolute Gasteiger partial charge is 0.398 e. The number of anilines is 2. The zero-order valence-corrected chi connectivity index (χ0v) is 21.3. The zero-order chi connectivity index (χ0) is 26.0. The second-order valence-corrected chi connectivity index (χ2v) is 11.6. The molecule has 0 radical (unpaired) electrons. The van der Waals surface area contributed by atoms with Crippen molar-refractivity contribution in [3.63, 3.8) is 0 Å². The molecule has 3 aromatic rings. The molecule has 2 aromatic carbocycles. The van der Waals surface area contributed by atoms with Crippen molar-refractivity contribution >= 4 is 23.0 Å². The van der Waals surface area contributed by atoms with Crippen molar-refractivity contribution in [2.75, 3.05) is 10.6 Å². The number of carbonyl (C=O) groups is 1. The van der Waals surface area contributed by atoms with Gasteiger partial charge in [-0.1, -0.05) is 18.2 Å². The number of aromatic nitrogens is 1. The molecule has 1 spiro atoms. The summed E-state index contributed by atoms with van der Waals surface area (Å²) in [5, 5.41) is 22.3. The van der Waals surface area contributed by atoms with Crippen LogP contribution >= 0.6 is 0 Å². The molecule has 1 aliphatic heterocycles. The lowest BCUT2D eigenvalue weighted by atomic mass is 9.53. The highest BCUT2D eigenvalue weighted by Crippen LogP contribution is 2.66. The minimum atomic E-state index is -0.184. The van der Waals surface area contributed by atoms with Crippen LogP contribution in [0.4, 0.5) is 11.4 Å². The van der Waals surface area contributed by atoms with E-state index < -0.39 is 0 Å². The first kappa shape index (κ1) is 23.4. The molecule has 1 amide bonds. The minimum absolute atomic E-state index is 0.117. The maximum absolute atomic E-state index is 13.2. The number of hydrogen-bond donors (Lipinski definition) is 4. The summed E-state index contributed by atoms with van der Waals surface area (Å²) in [7, 11) is 0. The van der Waals surface area contributed by atoms with Crippen LogP contribution in [0.1, 0.15) is 71.7 Å². The Morgan fingerprint density at radius 3 is 2.55 bits per heavy atom. The fraction of sp³-hybridized carbons (Fsp3) is 0.387. The van der Waals surface area contributed by atoms with Crippen LogP contribution in [-0.2, 0) is 0 Å². The normalized spacial score (nSPS) is 27.9. The Labute approximate surface area is 222 Å². The molecular formula is C31H33N5O2. The van der Waals surface area contributed by atoms with Gasteiger partial charge in [0.2, 0.25) is 0 Å². The van der Waals surface area contributed by atoms with Crippen molar-refractivity contribution in [2.24, 2.45) is 11.3 Å².